The summed E-state index contributed by atoms with van der Waals surface area (Å²) in [5.41, 5.74) is 8.62. The molecule has 1 atom stereocenters. The number of carbonyl (C=O) groups excluding carboxylic acids is 1. The predicted molar refractivity (Wildman–Crippen MR) is 135 cm³/mol. The highest BCUT2D eigenvalue weighted by molar-refractivity contribution is 7.90. The van der Waals surface area contributed by atoms with Crippen LogP contribution in [0.15, 0.2) is 69.6 Å². The van der Waals surface area contributed by atoms with Gasteiger partial charge in [0, 0.05) is 47.4 Å². The molecule has 0 aliphatic rings. The minimum atomic E-state index is -3.36. The number of aryl methyl sites for hydroxylation is 2. The van der Waals surface area contributed by atoms with Crippen LogP contribution in [-0.4, -0.2) is 36.5 Å². The van der Waals surface area contributed by atoms with E-state index < -0.39 is 15.7 Å². The molecule has 1 amide bonds. The number of nitrogens with one attached hydrogen (secondary N) is 1. The lowest BCUT2D eigenvalue weighted by molar-refractivity contribution is -0.117. The number of nitrogens with zero attached hydrogens (tertiary/aromatic N) is 1. The first-order valence-electron chi connectivity index (χ1n) is 10.8. The molecule has 0 aliphatic heterocycles. The molecule has 0 aliphatic carbocycles. The Morgan fingerprint density at radius 1 is 1.17 bits per heavy atom. The number of carbonyl (C=O) groups is 1. The number of halogens is 1. The molecule has 0 radical (unpaired) electrons. The molecule has 4 N–H and O–H groups in total. The zero-order valence-corrected chi connectivity index (χ0v) is 20.9. The Balaban J connectivity index is 2.05. The first kappa shape index (κ1) is 26.2. The number of pyridine rings is 1. The standard InChI is InChI=1S/C25H26ClN3O5S/c1-15-11-19(26)6-9-21(15)22(16-3-7-20(8-4-16)35(2,33)34)13-23(29-32)18-12-17(5-10-24(27)30)25(31)28-14-18/h3-4,6-9,11-12,14,22,32H,5,10,13H2,1-2H3,(H2,27,30)(H,28,31)/b29-23+. The molecule has 0 saturated carbocycles. The van der Waals surface area contributed by atoms with Crippen LogP contribution in [0.25, 0.3) is 0 Å². The zero-order chi connectivity index (χ0) is 25.8. The lowest BCUT2D eigenvalue weighted by Gasteiger charge is -2.21. The van der Waals surface area contributed by atoms with E-state index in [-0.39, 0.29) is 35.6 Å². The Bertz CT molecular complexity index is 1430. The molecule has 2 aromatic carbocycles. The molecule has 1 aromatic heterocycles. The first-order chi connectivity index (χ1) is 16.5. The van der Waals surface area contributed by atoms with Crippen LogP contribution in [0.3, 0.4) is 0 Å². The molecule has 8 nitrogen and oxygen atoms in total. The third-order valence-electron chi connectivity index (χ3n) is 5.79. The highest BCUT2D eigenvalue weighted by atomic mass is 35.5. The summed E-state index contributed by atoms with van der Waals surface area (Å²) in [5.74, 6) is -0.838. The van der Waals surface area contributed by atoms with Crippen LogP contribution in [-0.2, 0) is 21.1 Å². The summed E-state index contributed by atoms with van der Waals surface area (Å²) in [6.45, 7) is 1.91. The van der Waals surface area contributed by atoms with Gasteiger partial charge in [-0.15, -0.1) is 0 Å². The number of hydrogen-bond donors (Lipinski definition) is 3. The summed E-state index contributed by atoms with van der Waals surface area (Å²) in [6, 6.07) is 13.6. The van der Waals surface area contributed by atoms with Gasteiger partial charge in [0.05, 0.1) is 10.6 Å². The van der Waals surface area contributed by atoms with Crippen LogP contribution < -0.4 is 11.3 Å². The number of hydrogen-bond acceptors (Lipinski definition) is 6. The average molecular weight is 516 g/mol. The van der Waals surface area contributed by atoms with Gasteiger partial charge >= 0.3 is 0 Å². The fourth-order valence-electron chi connectivity index (χ4n) is 3.94. The predicted octanol–water partition coefficient (Wildman–Crippen LogP) is 3.56. The number of primary amides is 1. The van der Waals surface area contributed by atoms with Gasteiger partial charge in [-0.3, -0.25) is 9.59 Å². The third kappa shape index (κ3) is 6.58. The highest BCUT2D eigenvalue weighted by Crippen LogP contribution is 2.33. The molecule has 10 heteroatoms. The SMILES string of the molecule is Cc1cc(Cl)ccc1C(C/C(=N\O)c1c[nH]c(=O)c(CCC(N)=O)c1)c1ccc(S(C)(=O)=O)cc1. The Hall–Kier alpha value is -3.43. The molecule has 1 unspecified atom stereocenters. The zero-order valence-electron chi connectivity index (χ0n) is 19.3. The maximum Gasteiger partial charge on any atom is 0.251 e. The highest BCUT2D eigenvalue weighted by Gasteiger charge is 2.22. The van der Waals surface area contributed by atoms with Gasteiger partial charge in [-0.2, -0.15) is 0 Å². The number of aromatic amines is 1. The van der Waals surface area contributed by atoms with Gasteiger partial charge in [-0.05, 0) is 60.4 Å². The number of sulfone groups is 1. The van der Waals surface area contributed by atoms with E-state index in [4.69, 9.17) is 17.3 Å². The minimum absolute atomic E-state index is 0.0113. The molecule has 1 heterocycles. The van der Waals surface area contributed by atoms with Crippen LogP contribution in [0, 0.1) is 6.92 Å². The number of H-pyrrole nitrogens is 1. The first-order valence-corrected chi connectivity index (χ1v) is 13.0. The van der Waals surface area contributed by atoms with Crippen molar-refractivity contribution in [1.82, 2.24) is 4.98 Å². The smallest absolute Gasteiger partial charge is 0.251 e. The van der Waals surface area contributed by atoms with Crippen molar-refractivity contribution in [1.29, 1.82) is 0 Å². The molecule has 0 bridgehead atoms. The number of nitrogens with two attached hydrogens (primary N) is 1. The quantitative estimate of drug-likeness (QED) is 0.227. The van der Waals surface area contributed by atoms with Crippen LogP contribution in [0.2, 0.25) is 5.02 Å². The molecular weight excluding hydrogens is 490 g/mol. The summed E-state index contributed by atoms with van der Waals surface area (Å²) < 4.78 is 23.8. The Labute approximate surface area is 208 Å². The van der Waals surface area contributed by atoms with Gasteiger partial charge in [0.1, 0.15) is 0 Å². The van der Waals surface area contributed by atoms with Crippen molar-refractivity contribution in [3.63, 3.8) is 0 Å². The maximum absolute atomic E-state index is 12.2. The van der Waals surface area contributed by atoms with Crippen molar-refractivity contribution < 1.29 is 18.4 Å². The number of oxime groups is 1. The molecule has 3 rings (SSSR count). The second kappa shape index (κ2) is 10.9. The number of aromatic nitrogens is 1. The second-order valence-corrected chi connectivity index (χ2v) is 10.8. The lowest BCUT2D eigenvalue weighted by Crippen LogP contribution is -2.19. The fraction of sp³-hybridized carbons (Fsp3) is 0.240. The number of benzene rings is 2. The van der Waals surface area contributed by atoms with Crippen molar-refractivity contribution in [2.24, 2.45) is 10.9 Å². The number of amides is 1. The summed E-state index contributed by atoms with van der Waals surface area (Å²) in [7, 11) is -3.36. The average Bonchev–Trinajstić information content (AvgIpc) is 2.80. The van der Waals surface area contributed by atoms with E-state index in [0.29, 0.717) is 21.9 Å². The normalized spacial score (nSPS) is 12.9. The van der Waals surface area contributed by atoms with Gasteiger partial charge < -0.3 is 15.9 Å². The van der Waals surface area contributed by atoms with Gasteiger partial charge in [0.2, 0.25) is 5.91 Å². The van der Waals surface area contributed by atoms with Gasteiger partial charge in [-0.25, -0.2) is 8.42 Å². The van der Waals surface area contributed by atoms with Crippen LogP contribution in [0.1, 0.15) is 46.6 Å². The Morgan fingerprint density at radius 2 is 1.86 bits per heavy atom. The Morgan fingerprint density at radius 3 is 2.43 bits per heavy atom. The summed E-state index contributed by atoms with van der Waals surface area (Å²) >= 11 is 6.15. The van der Waals surface area contributed by atoms with Gasteiger partial charge in [0.25, 0.3) is 5.56 Å². The summed E-state index contributed by atoms with van der Waals surface area (Å²) in [5, 5.41) is 14.0. The largest absolute Gasteiger partial charge is 0.411 e. The van der Waals surface area contributed by atoms with E-state index in [2.05, 4.69) is 10.1 Å². The maximum atomic E-state index is 12.2. The van der Waals surface area contributed by atoms with Gasteiger partial charge in [-0.1, -0.05) is 35.0 Å². The molecule has 35 heavy (non-hydrogen) atoms. The van der Waals surface area contributed by atoms with Crippen molar-refractivity contribution >= 4 is 33.1 Å². The van der Waals surface area contributed by atoms with E-state index in [1.807, 2.05) is 19.1 Å². The lowest BCUT2D eigenvalue weighted by atomic mass is 9.83. The molecule has 184 valence electrons. The summed E-state index contributed by atoms with van der Waals surface area (Å²) in [6.07, 6.45) is 2.99. The van der Waals surface area contributed by atoms with Crippen molar-refractivity contribution in [3.8, 4) is 0 Å². The fourth-order valence-corrected chi connectivity index (χ4v) is 4.79. The Kier molecular flexibility index (Phi) is 8.14. The van der Waals surface area contributed by atoms with Crippen molar-refractivity contribution in [2.75, 3.05) is 6.26 Å². The van der Waals surface area contributed by atoms with E-state index in [1.165, 1.54) is 6.20 Å². The van der Waals surface area contributed by atoms with E-state index in [1.54, 1.807) is 36.4 Å². The van der Waals surface area contributed by atoms with E-state index >= 15 is 0 Å². The third-order valence-corrected chi connectivity index (χ3v) is 7.15. The van der Waals surface area contributed by atoms with Crippen LogP contribution >= 0.6 is 11.6 Å². The van der Waals surface area contributed by atoms with Crippen LogP contribution in [0.5, 0.6) is 0 Å². The second-order valence-electron chi connectivity index (χ2n) is 8.35. The van der Waals surface area contributed by atoms with Gasteiger partial charge in [0.15, 0.2) is 9.84 Å². The van der Waals surface area contributed by atoms with E-state index in [9.17, 15) is 23.2 Å². The molecule has 3 aromatic rings. The topological polar surface area (TPSA) is 143 Å². The minimum Gasteiger partial charge on any atom is -0.411 e. The van der Waals surface area contributed by atoms with E-state index in [0.717, 1.165) is 22.9 Å². The molecule has 0 fully saturated rings. The monoisotopic (exact) mass is 515 g/mol. The molecular formula is C25H26ClN3O5S. The van der Waals surface area contributed by atoms with Crippen molar-refractivity contribution in [3.05, 3.63) is 97.9 Å². The molecule has 0 saturated heterocycles. The molecule has 0 spiro atoms. The van der Waals surface area contributed by atoms with Crippen LogP contribution in [0.4, 0.5) is 0 Å². The number of rotatable bonds is 9. The summed E-state index contributed by atoms with van der Waals surface area (Å²) in [4.78, 5) is 26.2. The van der Waals surface area contributed by atoms with Crippen molar-refractivity contribution in [2.45, 2.75) is 37.0 Å².